The quantitative estimate of drug-likeness (QED) is 0.630. The number of aromatic nitrogens is 1. The van der Waals surface area contributed by atoms with Gasteiger partial charge in [0.15, 0.2) is 23.3 Å². The lowest BCUT2D eigenvalue weighted by Crippen LogP contribution is -2.20. The number of carbonyl (C=O) groups excluding carboxylic acids is 1. The van der Waals surface area contributed by atoms with E-state index in [1.807, 2.05) is 6.92 Å². The zero-order valence-electron chi connectivity index (χ0n) is 14.6. The Morgan fingerprint density at radius 2 is 2.11 bits per heavy atom. The summed E-state index contributed by atoms with van der Waals surface area (Å²) in [5.41, 5.74) is 2.02. The van der Waals surface area contributed by atoms with Crippen molar-refractivity contribution in [3.63, 3.8) is 0 Å². The van der Waals surface area contributed by atoms with Gasteiger partial charge in [0.2, 0.25) is 0 Å². The first-order valence-corrected chi connectivity index (χ1v) is 9.20. The van der Waals surface area contributed by atoms with Crippen molar-refractivity contribution in [1.29, 1.82) is 0 Å². The second kappa shape index (κ2) is 8.37. The molecule has 0 unspecified atom stereocenters. The highest BCUT2D eigenvalue weighted by atomic mass is 35.5. The maximum absolute atomic E-state index is 13.8. The molecular weight excluding hydrogens is 391 g/mol. The van der Waals surface area contributed by atoms with Gasteiger partial charge in [-0.1, -0.05) is 11.6 Å². The van der Waals surface area contributed by atoms with E-state index in [0.29, 0.717) is 27.2 Å². The molecule has 1 heterocycles. The fraction of sp³-hybridized carbons (Fsp3) is 0.158. The molecule has 0 aliphatic carbocycles. The first-order chi connectivity index (χ1) is 13.0. The molecule has 1 aromatic heterocycles. The molecule has 0 saturated heterocycles. The van der Waals surface area contributed by atoms with Crippen LogP contribution in [-0.2, 0) is 4.79 Å². The molecule has 8 heteroatoms. The number of rotatable bonds is 6. The van der Waals surface area contributed by atoms with E-state index in [1.54, 1.807) is 29.6 Å². The summed E-state index contributed by atoms with van der Waals surface area (Å²) in [6.45, 7) is 1.70. The summed E-state index contributed by atoms with van der Waals surface area (Å²) in [7, 11) is 1.40. The second-order valence-electron chi connectivity index (χ2n) is 5.64. The summed E-state index contributed by atoms with van der Waals surface area (Å²) >= 11 is 7.20. The molecule has 5 nitrogen and oxygen atoms in total. The van der Waals surface area contributed by atoms with Crippen molar-refractivity contribution in [1.82, 2.24) is 4.98 Å². The molecular formula is C19H16ClFN2O3S. The fourth-order valence-corrected chi connectivity index (χ4v) is 3.15. The molecule has 3 rings (SSSR count). The molecule has 0 fully saturated rings. The summed E-state index contributed by atoms with van der Waals surface area (Å²) in [6, 6.07) is 9.74. The number of ether oxygens (including phenoxy) is 2. The molecule has 0 atom stereocenters. The van der Waals surface area contributed by atoms with Crippen molar-refractivity contribution >= 4 is 34.0 Å². The third-order valence-electron chi connectivity index (χ3n) is 3.70. The smallest absolute Gasteiger partial charge is 0.264 e. The number of amides is 1. The van der Waals surface area contributed by atoms with Crippen molar-refractivity contribution in [3.05, 3.63) is 58.2 Å². The minimum atomic E-state index is -0.472. The second-order valence-corrected chi connectivity index (χ2v) is 6.90. The maximum Gasteiger partial charge on any atom is 0.264 e. The van der Waals surface area contributed by atoms with Crippen LogP contribution in [0.25, 0.3) is 11.3 Å². The number of hydrogen-bond acceptors (Lipinski definition) is 5. The lowest BCUT2D eigenvalue weighted by Gasteiger charge is -2.07. The number of nitrogens with zero attached hydrogens (tertiary/aromatic N) is 1. The van der Waals surface area contributed by atoms with Crippen LogP contribution < -0.4 is 14.8 Å². The lowest BCUT2D eigenvalue weighted by molar-refractivity contribution is -0.118. The molecule has 1 N–H and O–H groups in total. The van der Waals surface area contributed by atoms with Crippen LogP contribution in [0.5, 0.6) is 11.5 Å². The summed E-state index contributed by atoms with van der Waals surface area (Å²) in [4.78, 5) is 16.4. The van der Waals surface area contributed by atoms with Gasteiger partial charge in [-0.25, -0.2) is 9.37 Å². The first-order valence-electron chi connectivity index (χ1n) is 7.94. The molecule has 140 valence electrons. The number of thiazole rings is 1. The van der Waals surface area contributed by atoms with E-state index in [0.717, 1.165) is 5.56 Å². The van der Waals surface area contributed by atoms with Gasteiger partial charge in [0.05, 0.1) is 12.8 Å². The number of benzene rings is 2. The molecule has 0 saturated carbocycles. The zero-order chi connectivity index (χ0) is 19.4. The molecule has 0 aliphatic heterocycles. The monoisotopic (exact) mass is 406 g/mol. The first kappa shape index (κ1) is 19.1. The lowest BCUT2D eigenvalue weighted by atomic mass is 10.1. The van der Waals surface area contributed by atoms with Gasteiger partial charge in [-0.05, 0) is 48.9 Å². The molecule has 1 amide bonds. The van der Waals surface area contributed by atoms with Crippen LogP contribution >= 0.6 is 22.9 Å². The van der Waals surface area contributed by atoms with Crippen LogP contribution in [0.15, 0.2) is 41.8 Å². The Bertz CT molecular complexity index is 977. The van der Waals surface area contributed by atoms with Gasteiger partial charge in [0.1, 0.15) is 5.75 Å². The molecule has 3 aromatic rings. The standard InChI is InChI=1S/C19H16ClFN2O3S/c1-11-7-13(4-5-14(11)20)26-9-18(24)23-19-22-16(10-27-19)12-3-6-17(25-2)15(21)8-12/h3-8,10H,9H2,1-2H3,(H,22,23,24). The highest BCUT2D eigenvalue weighted by molar-refractivity contribution is 7.14. The van der Waals surface area contributed by atoms with E-state index < -0.39 is 5.82 Å². The van der Waals surface area contributed by atoms with Gasteiger partial charge < -0.3 is 9.47 Å². The SMILES string of the molecule is COc1ccc(-c2csc(NC(=O)COc3ccc(Cl)c(C)c3)n2)cc1F. The average molecular weight is 407 g/mol. The predicted molar refractivity (Wildman–Crippen MR) is 104 cm³/mol. The van der Waals surface area contributed by atoms with Crippen LogP contribution in [0.3, 0.4) is 0 Å². The van der Waals surface area contributed by atoms with E-state index in [-0.39, 0.29) is 18.3 Å². The number of carbonyl (C=O) groups is 1. The largest absolute Gasteiger partial charge is 0.494 e. The van der Waals surface area contributed by atoms with Crippen LogP contribution in [0.2, 0.25) is 5.02 Å². The number of anilines is 1. The maximum atomic E-state index is 13.8. The van der Waals surface area contributed by atoms with Gasteiger partial charge in [0, 0.05) is 16.0 Å². The Balaban J connectivity index is 1.60. The Labute approximate surface area is 164 Å². The van der Waals surface area contributed by atoms with Crippen molar-refractivity contribution < 1.29 is 18.7 Å². The van der Waals surface area contributed by atoms with Crippen molar-refractivity contribution in [3.8, 4) is 22.8 Å². The van der Waals surface area contributed by atoms with Crippen LogP contribution in [0.4, 0.5) is 9.52 Å². The van der Waals surface area contributed by atoms with Crippen LogP contribution in [0, 0.1) is 12.7 Å². The third-order valence-corrected chi connectivity index (χ3v) is 4.88. The number of aryl methyl sites for hydroxylation is 1. The Morgan fingerprint density at radius 1 is 1.30 bits per heavy atom. The molecule has 2 aromatic carbocycles. The number of nitrogens with one attached hydrogen (secondary N) is 1. The average Bonchev–Trinajstić information content (AvgIpc) is 3.11. The molecule has 27 heavy (non-hydrogen) atoms. The normalized spacial score (nSPS) is 10.5. The van der Waals surface area contributed by atoms with Crippen LogP contribution in [0.1, 0.15) is 5.56 Å². The minimum absolute atomic E-state index is 0.160. The van der Waals surface area contributed by atoms with Crippen LogP contribution in [-0.4, -0.2) is 24.6 Å². The predicted octanol–water partition coefficient (Wildman–Crippen LogP) is 4.94. The van der Waals surface area contributed by atoms with Gasteiger partial charge in [0.25, 0.3) is 5.91 Å². The topological polar surface area (TPSA) is 60.5 Å². The number of hydrogen-bond donors (Lipinski definition) is 1. The highest BCUT2D eigenvalue weighted by Gasteiger charge is 2.11. The summed E-state index contributed by atoms with van der Waals surface area (Å²) in [6.07, 6.45) is 0. The summed E-state index contributed by atoms with van der Waals surface area (Å²) < 4.78 is 24.2. The Kier molecular flexibility index (Phi) is 5.93. The highest BCUT2D eigenvalue weighted by Crippen LogP contribution is 2.28. The Morgan fingerprint density at radius 3 is 2.81 bits per heavy atom. The van der Waals surface area contributed by atoms with E-state index in [4.69, 9.17) is 21.1 Å². The number of halogens is 2. The fourth-order valence-electron chi connectivity index (χ4n) is 2.30. The zero-order valence-corrected chi connectivity index (χ0v) is 16.2. The van der Waals surface area contributed by atoms with Gasteiger partial charge in [-0.3, -0.25) is 10.1 Å². The molecule has 0 aliphatic rings. The summed E-state index contributed by atoms with van der Waals surface area (Å²) in [5, 5.41) is 5.44. The minimum Gasteiger partial charge on any atom is -0.494 e. The van der Waals surface area contributed by atoms with E-state index in [2.05, 4.69) is 10.3 Å². The third kappa shape index (κ3) is 4.75. The molecule has 0 bridgehead atoms. The number of methoxy groups -OCH3 is 1. The van der Waals surface area contributed by atoms with Crippen molar-refractivity contribution in [2.45, 2.75) is 6.92 Å². The van der Waals surface area contributed by atoms with Crippen molar-refractivity contribution in [2.75, 3.05) is 19.0 Å². The van der Waals surface area contributed by atoms with E-state index >= 15 is 0 Å². The van der Waals surface area contributed by atoms with E-state index in [1.165, 1.54) is 30.6 Å². The van der Waals surface area contributed by atoms with Crippen molar-refractivity contribution in [2.24, 2.45) is 0 Å². The molecule has 0 spiro atoms. The van der Waals surface area contributed by atoms with Gasteiger partial charge in [-0.2, -0.15) is 0 Å². The Hall–Kier alpha value is -2.64. The summed E-state index contributed by atoms with van der Waals surface area (Å²) in [5.74, 6) is -0.0951. The van der Waals surface area contributed by atoms with E-state index in [9.17, 15) is 9.18 Å². The van der Waals surface area contributed by atoms with Gasteiger partial charge >= 0.3 is 0 Å². The molecule has 0 radical (unpaired) electrons. The van der Waals surface area contributed by atoms with Gasteiger partial charge in [-0.15, -0.1) is 11.3 Å².